The van der Waals surface area contributed by atoms with Crippen molar-refractivity contribution in [3.8, 4) is 0 Å². The lowest BCUT2D eigenvalue weighted by molar-refractivity contribution is -0.142. The fourth-order valence-corrected chi connectivity index (χ4v) is 2.91. The number of aromatic nitrogens is 2. The summed E-state index contributed by atoms with van der Waals surface area (Å²) in [5, 5.41) is 2.25. The summed E-state index contributed by atoms with van der Waals surface area (Å²) in [6, 6.07) is 0. The molecule has 0 aromatic carbocycles. The number of ether oxygens (including phenoxy) is 1. The average Bonchev–Trinajstić information content (AvgIpc) is 3.07. The Hall–Kier alpha value is -2.36. The van der Waals surface area contributed by atoms with Crippen molar-refractivity contribution >= 4 is 40.5 Å². The van der Waals surface area contributed by atoms with Gasteiger partial charge in [0.2, 0.25) is 5.91 Å². The number of carbonyl (C=O) groups excluding carboxylic acids is 3. The van der Waals surface area contributed by atoms with Crippen molar-refractivity contribution in [3.63, 3.8) is 0 Å². The largest absolute Gasteiger partial charge is 0.469 e. The van der Waals surface area contributed by atoms with E-state index in [2.05, 4.69) is 25.0 Å². The van der Waals surface area contributed by atoms with Crippen LogP contribution in [0.3, 0.4) is 0 Å². The van der Waals surface area contributed by atoms with Gasteiger partial charge in [0.25, 0.3) is 5.91 Å². The van der Waals surface area contributed by atoms with Crippen LogP contribution in [0.5, 0.6) is 0 Å². The van der Waals surface area contributed by atoms with E-state index >= 15 is 0 Å². The molecular formula is C12H15N5O4S. The molecule has 2 rings (SSSR count). The van der Waals surface area contributed by atoms with E-state index in [0.29, 0.717) is 5.17 Å². The van der Waals surface area contributed by atoms with E-state index in [1.807, 2.05) is 0 Å². The zero-order chi connectivity index (χ0) is 16.3. The predicted octanol–water partition coefficient (Wildman–Crippen LogP) is -0.106. The van der Waals surface area contributed by atoms with Gasteiger partial charge >= 0.3 is 5.97 Å². The molecule has 1 fully saturated rings. The Kier molecular flexibility index (Phi) is 4.81. The van der Waals surface area contributed by atoms with Gasteiger partial charge in [0.05, 0.1) is 19.9 Å². The minimum absolute atomic E-state index is 0.0355. The summed E-state index contributed by atoms with van der Waals surface area (Å²) in [4.78, 5) is 47.3. The maximum absolute atomic E-state index is 12.1. The van der Waals surface area contributed by atoms with Crippen molar-refractivity contribution in [2.75, 3.05) is 21.2 Å². The average molecular weight is 325 g/mol. The zero-order valence-corrected chi connectivity index (χ0v) is 13.1. The number of amidine groups is 1. The van der Waals surface area contributed by atoms with Crippen molar-refractivity contribution in [3.05, 3.63) is 12.0 Å². The number of nitrogens with one attached hydrogen (secondary N) is 2. The molecule has 0 aliphatic carbocycles. The highest BCUT2D eigenvalue weighted by molar-refractivity contribution is 8.15. The molecular weight excluding hydrogens is 310 g/mol. The molecule has 1 aromatic heterocycles. The quantitative estimate of drug-likeness (QED) is 0.746. The summed E-state index contributed by atoms with van der Waals surface area (Å²) < 4.78 is 4.57. The molecule has 0 saturated carbocycles. The molecule has 0 spiro atoms. The summed E-state index contributed by atoms with van der Waals surface area (Å²) in [6.07, 6.45) is 1.31. The first-order valence-corrected chi connectivity index (χ1v) is 7.21. The molecule has 1 atom stereocenters. The Bertz CT molecular complexity index is 641. The fourth-order valence-electron chi connectivity index (χ4n) is 1.79. The third kappa shape index (κ3) is 3.11. The smallest absolute Gasteiger partial charge is 0.307 e. The molecule has 2 amide bonds. The van der Waals surface area contributed by atoms with Crippen molar-refractivity contribution in [2.24, 2.45) is 4.99 Å². The van der Waals surface area contributed by atoms with E-state index in [9.17, 15) is 14.4 Å². The third-order valence-corrected chi connectivity index (χ3v) is 4.22. The molecule has 1 aliphatic heterocycles. The molecule has 10 heteroatoms. The van der Waals surface area contributed by atoms with Gasteiger partial charge in [-0.1, -0.05) is 11.8 Å². The predicted molar refractivity (Wildman–Crippen MR) is 79.9 cm³/mol. The number of amides is 2. The number of imidazole rings is 1. The van der Waals surface area contributed by atoms with Crippen LogP contribution in [0.2, 0.25) is 0 Å². The molecule has 1 saturated heterocycles. The Labute approximate surface area is 130 Å². The van der Waals surface area contributed by atoms with Crippen LogP contribution in [0.1, 0.15) is 16.9 Å². The Morgan fingerprint density at radius 2 is 2.32 bits per heavy atom. The molecule has 1 aromatic rings. The normalized spacial score (nSPS) is 19.6. The molecule has 9 nitrogen and oxygen atoms in total. The molecule has 22 heavy (non-hydrogen) atoms. The first-order chi connectivity index (χ1) is 10.5. The van der Waals surface area contributed by atoms with Crippen LogP contribution in [0.15, 0.2) is 11.3 Å². The molecule has 1 aliphatic rings. The van der Waals surface area contributed by atoms with Crippen molar-refractivity contribution in [1.29, 1.82) is 0 Å². The number of hydrogen-bond acceptors (Lipinski definition) is 7. The van der Waals surface area contributed by atoms with E-state index in [-0.39, 0.29) is 29.7 Å². The summed E-state index contributed by atoms with van der Waals surface area (Å²) in [5.74, 6) is -0.891. The maximum atomic E-state index is 12.1. The number of hydrogen-bond donors (Lipinski definition) is 2. The number of nitrogens with zero attached hydrogens (tertiary/aromatic N) is 3. The lowest BCUT2D eigenvalue weighted by Crippen LogP contribution is -2.29. The maximum Gasteiger partial charge on any atom is 0.307 e. The van der Waals surface area contributed by atoms with Crippen LogP contribution in [-0.4, -0.2) is 64.3 Å². The van der Waals surface area contributed by atoms with Gasteiger partial charge in [-0.2, -0.15) is 0 Å². The highest BCUT2D eigenvalue weighted by atomic mass is 32.2. The van der Waals surface area contributed by atoms with Crippen molar-refractivity contribution < 1.29 is 19.1 Å². The molecule has 118 valence electrons. The summed E-state index contributed by atoms with van der Waals surface area (Å²) in [5.41, 5.74) is 0.202. The van der Waals surface area contributed by atoms with Gasteiger partial charge in [0.1, 0.15) is 5.25 Å². The SMILES string of the molecule is CNC(=O)c1[nH]cnc1N=C1S[C@H](CC(=O)OC)C(=O)N1C. The van der Waals surface area contributed by atoms with Crippen LogP contribution >= 0.6 is 11.8 Å². The summed E-state index contributed by atoms with van der Waals surface area (Å²) in [6.45, 7) is 0. The summed E-state index contributed by atoms with van der Waals surface area (Å²) in [7, 11) is 4.31. The molecule has 0 unspecified atom stereocenters. The van der Waals surface area contributed by atoms with Crippen LogP contribution < -0.4 is 5.32 Å². The van der Waals surface area contributed by atoms with Crippen LogP contribution in [0.25, 0.3) is 0 Å². The number of thioether (sulfide) groups is 1. The summed E-state index contributed by atoms with van der Waals surface area (Å²) >= 11 is 1.14. The lowest BCUT2D eigenvalue weighted by atomic mass is 10.3. The number of rotatable bonds is 4. The topological polar surface area (TPSA) is 117 Å². The van der Waals surface area contributed by atoms with Crippen LogP contribution in [0.4, 0.5) is 5.82 Å². The standard InChI is InChI=1S/C12H15N5O4S/c1-13-10(19)8-9(15-5-14-8)16-12-17(2)11(20)6(22-12)4-7(18)21-3/h5-6H,4H2,1-3H3,(H,13,19)(H,14,15)/t6-/m1/s1. The molecule has 2 heterocycles. The monoisotopic (exact) mass is 325 g/mol. The Morgan fingerprint density at radius 3 is 2.95 bits per heavy atom. The number of H-pyrrole nitrogens is 1. The van der Waals surface area contributed by atoms with Gasteiger partial charge in [-0.3, -0.25) is 19.3 Å². The van der Waals surface area contributed by atoms with E-state index in [4.69, 9.17) is 0 Å². The van der Waals surface area contributed by atoms with Gasteiger partial charge in [0, 0.05) is 14.1 Å². The highest BCUT2D eigenvalue weighted by Gasteiger charge is 2.37. The number of aromatic amines is 1. The fraction of sp³-hybridized carbons (Fsp3) is 0.417. The first kappa shape index (κ1) is 16.0. The van der Waals surface area contributed by atoms with Crippen LogP contribution in [-0.2, 0) is 14.3 Å². The molecule has 0 radical (unpaired) electrons. The lowest BCUT2D eigenvalue weighted by Gasteiger charge is -2.08. The number of methoxy groups -OCH3 is 1. The Morgan fingerprint density at radius 1 is 1.59 bits per heavy atom. The first-order valence-electron chi connectivity index (χ1n) is 6.33. The van der Waals surface area contributed by atoms with Gasteiger partial charge < -0.3 is 15.0 Å². The second-order valence-corrected chi connectivity index (χ2v) is 5.53. The highest BCUT2D eigenvalue weighted by Crippen LogP contribution is 2.30. The third-order valence-electron chi connectivity index (χ3n) is 3.00. The van der Waals surface area contributed by atoms with E-state index in [0.717, 1.165) is 11.8 Å². The molecule has 0 bridgehead atoms. The van der Waals surface area contributed by atoms with Gasteiger partial charge in [-0.05, 0) is 0 Å². The zero-order valence-electron chi connectivity index (χ0n) is 12.2. The molecule has 2 N–H and O–H groups in total. The number of carbonyl (C=O) groups is 3. The number of esters is 1. The van der Waals surface area contributed by atoms with E-state index < -0.39 is 11.2 Å². The second-order valence-electron chi connectivity index (χ2n) is 4.36. The number of aliphatic imine (C=N–C) groups is 1. The Balaban J connectivity index is 2.22. The van der Waals surface area contributed by atoms with Gasteiger partial charge in [-0.15, -0.1) is 0 Å². The van der Waals surface area contributed by atoms with Crippen molar-refractivity contribution in [1.82, 2.24) is 20.2 Å². The minimum atomic E-state index is -0.585. The van der Waals surface area contributed by atoms with Crippen molar-refractivity contribution in [2.45, 2.75) is 11.7 Å². The van der Waals surface area contributed by atoms with E-state index in [1.165, 1.54) is 25.4 Å². The second kappa shape index (κ2) is 6.60. The van der Waals surface area contributed by atoms with Crippen LogP contribution in [0, 0.1) is 0 Å². The van der Waals surface area contributed by atoms with E-state index in [1.54, 1.807) is 7.05 Å². The van der Waals surface area contributed by atoms with Gasteiger partial charge in [-0.25, -0.2) is 9.98 Å². The minimum Gasteiger partial charge on any atom is -0.469 e. The van der Waals surface area contributed by atoms with Gasteiger partial charge in [0.15, 0.2) is 16.7 Å².